The third kappa shape index (κ3) is 5.99. The van der Waals surface area contributed by atoms with Gasteiger partial charge in [0.05, 0.1) is 0 Å². The van der Waals surface area contributed by atoms with Crippen molar-refractivity contribution in [2.24, 2.45) is 0 Å². The van der Waals surface area contributed by atoms with Gasteiger partial charge in [-0.1, -0.05) is 29.2 Å². The highest BCUT2D eigenvalue weighted by atomic mass is 13.9. The fourth-order valence-corrected chi connectivity index (χ4v) is 0.673. The minimum Gasteiger partial charge on any atom is -0.0838 e. The molecule has 0 fully saturated rings. The fraction of sp³-hybridized carbons (Fsp3) is 0.385. The quantitative estimate of drug-likeness (QED) is 0.435. The van der Waals surface area contributed by atoms with Crippen molar-refractivity contribution in [3.63, 3.8) is 0 Å². The van der Waals surface area contributed by atoms with Crippen LogP contribution in [0.4, 0.5) is 0 Å². The van der Waals surface area contributed by atoms with E-state index in [0.29, 0.717) is 0 Å². The van der Waals surface area contributed by atoms with Crippen LogP contribution in [0.1, 0.15) is 34.6 Å². The Labute approximate surface area is 81.7 Å². The Kier molecular flexibility index (Phi) is 5.72. The fourth-order valence-electron chi connectivity index (χ4n) is 0.673. The van der Waals surface area contributed by atoms with Crippen molar-refractivity contribution in [1.82, 2.24) is 0 Å². The lowest BCUT2D eigenvalue weighted by atomic mass is 10.1. The Bertz CT molecular complexity index is 308. The maximum atomic E-state index is 3.09. The summed E-state index contributed by atoms with van der Waals surface area (Å²) >= 11 is 0. The van der Waals surface area contributed by atoms with Crippen LogP contribution in [0.15, 0.2) is 46.4 Å². The molecule has 0 spiro atoms. The van der Waals surface area contributed by atoms with Gasteiger partial charge in [0.1, 0.15) is 0 Å². The largest absolute Gasteiger partial charge is 0.0838 e. The van der Waals surface area contributed by atoms with Crippen LogP contribution in [-0.4, -0.2) is 0 Å². The maximum Gasteiger partial charge on any atom is 0.00187 e. The summed E-state index contributed by atoms with van der Waals surface area (Å²) in [6, 6.07) is 0. The molecule has 0 rings (SSSR count). The highest BCUT2D eigenvalue weighted by molar-refractivity contribution is 5.25. The smallest absolute Gasteiger partial charge is 0.00187 e. The average molecular weight is 174 g/mol. The predicted molar refractivity (Wildman–Crippen MR) is 59.6 cm³/mol. The van der Waals surface area contributed by atoms with Crippen molar-refractivity contribution in [1.29, 1.82) is 0 Å². The van der Waals surface area contributed by atoms with Gasteiger partial charge in [0.15, 0.2) is 0 Å². The van der Waals surface area contributed by atoms with Gasteiger partial charge < -0.3 is 0 Å². The summed E-state index contributed by atoms with van der Waals surface area (Å²) in [6.45, 7) is 10.3. The van der Waals surface area contributed by atoms with E-state index in [2.05, 4.69) is 38.3 Å². The minimum absolute atomic E-state index is 1.14. The molecule has 0 atom stereocenters. The lowest BCUT2D eigenvalue weighted by Crippen LogP contribution is -1.73. The molecule has 0 aromatic rings. The first-order valence-corrected chi connectivity index (χ1v) is 4.53. The Morgan fingerprint density at radius 3 is 2.15 bits per heavy atom. The monoisotopic (exact) mass is 174 g/mol. The molecule has 0 amide bonds. The molecule has 0 saturated heterocycles. The van der Waals surface area contributed by atoms with Gasteiger partial charge in [-0.3, -0.25) is 0 Å². The first-order valence-electron chi connectivity index (χ1n) is 4.53. The number of hydrogen-bond donors (Lipinski definition) is 0. The topological polar surface area (TPSA) is 0 Å². The molecule has 0 unspecified atom stereocenters. The number of rotatable bonds is 2. The molecule has 0 N–H and O–H groups in total. The van der Waals surface area contributed by atoms with E-state index in [1.807, 2.05) is 26.0 Å². The molecule has 0 aromatic heterocycles. The summed E-state index contributed by atoms with van der Waals surface area (Å²) in [5.74, 6) is 0. The second kappa shape index (κ2) is 6.31. The zero-order valence-corrected chi connectivity index (χ0v) is 9.23. The third-order valence-corrected chi connectivity index (χ3v) is 1.78. The number of allylic oxidation sites excluding steroid dienone is 6. The van der Waals surface area contributed by atoms with Gasteiger partial charge in [0, 0.05) is 5.57 Å². The molecular weight excluding hydrogens is 156 g/mol. The second-order valence-corrected chi connectivity index (χ2v) is 3.28. The van der Waals surface area contributed by atoms with E-state index < -0.39 is 0 Å². The van der Waals surface area contributed by atoms with E-state index in [0.717, 1.165) is 5.57 Å². The molecule has 0 aromatic carbocycles. The van der Waals surface area contributed by atoms with Crippen LogP contribution in [0.5, 0.6) is 0 Å². The molecule has 0 aliphatic rings. The van der Waals surface area contributed by atoms with Gasteiger partial charge in [-0.2, -0.15) is 0 Å². The Hall–Kier alpha value is -1.22. The third-order valence-electron chi connectivity index (χ3n) is 1.78. The first kappa shape index (κ1) is 11.8. The zero-order valence-electron chi connectivity index (χ0n) is 9.23. The van der Waals surface area contributed by atoms with Crippen molar-refractivity contribution < 1.29 is 0 Å². The molecule has 0 radical (unpaired) electrons. The van der Waals surface area contributed by atoms with Crippen LogP contribution in [0.2, 0.25) is 0 Å². The van der Waals surface area contributed by atoms with Crippen molar-refractivity contribution in [3.8, 4) is 0 Å². The van der Waals surface area contributed by atoms with E-state index in [-0.39, 0.29) is 0 Å². The highest BCUT2D eigenvalue weighted by Crippen LogP contribution is 2.04. The standard InChI is InChI=1S/C13H18/c1-6-12(4)13(5)10-8-7-9-11(2)3/h6-7,9H,1-5H3/b12-6-,13-7?. The summed E-state index contributed by atoms with van der Waals surface area (Å²) in [5, 5.41) is 0. The van der Waals surface area contributed by atoms with Gasteiger partial charge >= 0.3 is 0 Å². The maximum absolute atomic E-state index is 3.09. The Morgan fingerprint density at radius 2 is 1.69 bits per heavy atom. The van der Waals surface area contributed by atoms with Crippen LogP contribution < -0.4 is 0 Å². The van der Waals surface area contributed by atoms with Crippen LogP contribution in [0.3, 0.4) is 0 Å². The van der Waals surface area contributed by atoms with Crippen LogP contribution in [0, 0.1) is 0 Å². The summed E-state index contributed by atoms with van der Waals surface area (Å²) in [5.41, 5.74) is 9.75. The molecule has 70 valence electrons. The van der Waals surface area contributed by atoms with E-state index in [1.54, 1.807) is 0 Å². The molecule has 0 aliphatic heterocycles. The zero-order chi connectivity index (χ0) is 10.3. The van der Waals surface area contributed by atoms with Crippen molar-refractivity contribution in [3.05, 3.63) is 46.4 Å². The molecule has 0 nitrogen and oxygen atoms in total. The molecule has 0 aliphatic carbocycles. The van der Waals surface area contributed by atoms with Crippen LogP contribution in [-0.2, 0) is 0 Å². The van der Waals surface area contributed by atoms with E-state index in [9.17, 15) is 0 Å². The van der Waals surface area contributed by atoms with Crippen LogP contribution in [0.25, 0.3) is 0 Å². The second-order valence-electron chi connectivity index (χ2n) is 3.28. The van der Waals surface area contributed by atoms with E-state index in [4.69, 9.17) is 0 Å². The van der Waals surface area contributed by atoms with Gasteiger partial charge in [-0.15, -0.1) is 0 Å². The number of hydrogen-bond acceptors (Lipinski definition) is 0. The van der Waals surface area contributed by atoms with Gasteiger partial charge in [-0.05, 0) is 46.3 Å². The van der Waals surface area contributed by atoms with Gasteiger partial charge in [0.25, 0.3) is 0 Å². The van der Waals surface area contributed by atoms with Gasteiger partial charge in [-0.25, -0.2) is 0 Å². The van der Waals surface area contributed by atoms with E-state index >= 15 is 0 Å². The Balaban J connectivity index is 4.75. The molecule has 0 bridgehead atoms. The Morgan fingerprint density at radius 1 is 1.08 bits per heavy atom. The molecule has 0 saturated carbocycles. The van der Waals surface area contributed by atoms with Crippen molar-refractivity contribution >= 4 is 0 Å². The lowest BCUT2D eigenvalue weighted by molar-refractivity contribution is 1.34. The van der Waals surface area contributed by atoms with E-state index in [1.165, 1.54) is 11.1 Å². The summed E-state index contributed by atoms with van der Waals surface area (Å²) < 4.78 is 0. The molecule has 0 heterocycles. The normalized spacial score (nSPS) is 9.77. The summed E-state index contributed by atoms with van der Waals surface area (Å²) in [6.07, 6.45) is 5.98. The average Bonchev–Trinajstić information content (AvgIpc) is 2.10. The van der Waals surface area contributed by atoms with Gasteiger partial charge in [0.2, 0.25) is 0 Å². The van der Waals surface area contributed by atoms with Crippen LogP contribution >= 0.6 is 0 Å². The van der Waals surface area contributed by atoms with Crippen molar-refractivity contribution in [2.45, 2.75) is 34.6 Å². The molecule has 13 heavy (non-hydrogen) atoms. The summed E-state index contributed by atoms with van der Waals surface area (Å²) in [4.78, 5) is 0. The highest BCUT2D eigenvalue weighted by Gasteiger charge is 1.85. The summed E-state index contributed by atoms with van der Waals surface area (Å²) in [7, 11) is 0. The molecule has 0 heteroatoms. The van der Waals surface area contributed by atoms with Crippen molar-refractivity contribution in [2.75, 3.05) is 0 Å². The first-order chi connectivity index (χ1) is 6.07. The molecular formula is C13H18. The predicted octanol–water partition coefficient (Wildman–Crippen LogP) is 4.18. The SMILES string of the molecule is C/C=C(/C)C(C)=C=C=CC=C(C)C. The lowest BCUT2D eigenvalue weighted by Gasteiger charge is -1.91. The minimum atomic E-state index is 1.14.